The second kappa shape index (κ2) is 5.25. The van der Waals surface area contributed by atoms with Gasteiger partial charge < -0.3 is 5.73 Å². The van der Waals surface area contributed by atoms with Crippen molar-refractivity contribution in [1.82, 2.24) is 9.03 Å². The number of nitrogens with two attached hydrogens (primary N) is 1. The van der Waals surface area contributed by atoms with Crippen LogP contribution in [0.4, 0.5) is 0 Å². The van der Waals surface area contributed by atoms with Crippen LogP contribution >= 0.6 is 0 Å². The van der Waals surface area contributed by atoms with Crippen LogP contribution < -0.4 is 10.5 Å². The number of hydrogen-bond acceptors (Lipinski definition) is 3. The predicted octanol–water partition coefficient (Wildman–Crippen LogP) is -0.100. The maximum atomic E-state index is 11.7. The van der Waals surface area contributed by atoms with Gasteiger partial charge in [0.1, 0.15) is 0 Å². The normalized spacial score (nSPS) is 21.1. The molecule has 1 atom stereocenters. The van der Waals surface area contributed by atoms with Crippen LogP contribution in [-0.2, 0) is 10.2 Å². The average Bonchev–Trinajstić information content (AvgIpc) is 2.67. The summed E-state index contributed by atoms with van der Waals surface area (Å²) in [5.41, 5.74) is 5.78. The van der Waals surface area contributed by atoms with Gasteiger partial charge in [0.15, 0.2) is 0 Å². The molecular formula is C9H21N3O2S. The Morgan fingerprint density at radius 1 is 1.33 bits per heavy atom. The van der Waals surface area contributed by atoms with Crippen LogP contribution in [0.5, 0.6) is 0 Å². The summed E-state index contributed by atoms with van der Waals surface area (Å²) in [6.07, 6.45) is 1.91. The smallest absolute Gasteiger partial charge is 0.279 e. The van der Waals surface area contributed by atoms with Gasteiger partial charge in [-0.1, -0.05) is 13.8 Å². The minimum atomic E-state index is -3.29. The molecule has 5 nitrogen and oxygen atoms in total. The van der Waals surface area contributed by atoms with E-state index in [1.54, 1.807) is 0 Å². The molecule has 1 fully saturated rings. The number of nitrogens with one attached hydrogen (secondary N) is 1. The van der Waals surface area contributed by atoms with Gasteiger partial charge in [-0.25, -0.2) is 4.72 Å². The standard InChI is InChI=1S/C9H21N3O2S/c1-8(2)9(10)7-11-15(13,14)12-5-3-4-6-12/h8-9,11H,3-7,10H2,1-2H3. The molecule has 0 radical (unpaired) electrons. The summed E-state index contributed by atoms with van der Waals surface area (Å²) in [6.45, 7) is 5.54. The first-order valence-electron chi connectivity index (χ1n) is 5.44. The fourth-order valence-electron chi connectivity index (χ4n) is 1.46. The number of rotatable bonds is 5. The fourth-order valence-corrected chi connectivity index (χ4v) is 2.78. The Bertz CT molecular complexity index is 284. The largest absolute Gasteiger partial charge is 0.326 e. The third-order valence-corrected chi connectivity index (χ3v) is 4.34. The average molecular weight is 235 g/mol. The highest BCUT2D eigenvalue weighted by atomic mass is 32.2. The van der Waals surface area contributed by atoms with E-state index in [-0.39, 0.29) is 12.0 Å². The molecule has 0 aromatic rings. The molecule has 1 aliphatic heterocycles. The van der Waals surface area contributed by atoms with Gasteiger partial charge in [0.2, 0.25) is 0 Å². The fraction of sp³-hybridized carbons (Fsp3) is 1.00. The van der Waals surface area contributed by atoms with Crippen LogP contribution in [0.2, 0.25) is 0 Å². The second-order valence-electron chi connectivity index (χ2n) is 4.37. The van der Waals surface area contributed by atoms with Gasteiger partial charge in [-0.05, 0) is 18.8 Å². The van der Waals surface area contributed by atoms with Crippen molar-refractivity contribution >= 4 is 10.2 Å². The molecule has 0 aromatic carbocycles. The van der Waals surface area contributed by atoms with Crippen molar-refractivity contribution in [2.45, 2.75) is 32.7 Å². The van der Waals surface area contributed by atoms with Gasteiger partial charge in [0.25, 0.3) is 10.2 Å². The zero-order valence-corrected chi connectivity index (χ0v) is 10.3. The molecule has 1 unspecified atom stereocenters. The second-order valence-corrected chi connectivity index (χ2v) is 6.12. The van der Waals surface area contributed by atoms with Crippen molar-refractivity contribution in [1.29, 1.82) is 0 Å². The first kappa shape index (κ1) is 12.9. The van der Waals surface area contributed by atoms with Crippen LogP contribution in [0, 0.1) is 5.92 Å². The third-order valence-electron chi connectivity index (χ3n) is 2.76. The monoisotopic (exact) mass is 235 g/mol. The van der Waals surface area contributed by atoms with Crippen LogP contribution in [0.3, 0.4) is 0 Å². The van der Waals surface area contributed by atoms with Crippen molar-refractivity contribution in [3.63, 3.8) is 0 Å². The first-order chi connectivity index (χ1) is 6.93. The lowest BCUT2D eigenvalue weighted by atomic mass is 10.1. The Kier molecular flexibility index (Phi) is 4.51. The van der Waals surface area contributed by atoms with E-state index in [2.05, 4.69) is 4.72 Å². The minimum Gasteiger partial charge on any atom is -0.326 e. The molecule has 1 heterocycles. The molecule has 0 aliphatic carbocycles. The minimum absolute atomic E-state index is 0.123. The Balaban J connectivity index is 2.42. The molecule has 1 aliphatic rings. The van der Waals surface area contributed by atoms with Crippen molar-refractivity contribution < 1.29 is 8.42 Å². The predicted molar refractivity (Wildman–Crippen MR) is 60.5 cm³/mol. The van der Waals surface area contributed by atoms with E-state index >= 15 is 0 Å². The van der Waals surface area contributed by atoms with Crippen molar-refractivity contribution in [2.75, 3.05) is 19.6 Å². The van der Waals surface area contributed by atoms with Crippen molar-refractivity contribution in [2.24, 2.45) is 11.7 Å². The Labute approximate surface area is 92.2 Å². The van der Waals surface area contributed by atoms with Gasteiger partial charge >= 0.3 is 0 Å². The van der Waals surface area contributed by atoms with Crippen LogP contribution in [0.15, 0.2) is 0 Å². The molecule has 1 rings (SSSR count). The molecule has 3 N–H and O–H groups in total. The lowest BCUT2D eigenvalue weighted by Crippen LogP contribution is -2.45. The maximum absolute atomic E-state index is 11.7. The molecule has 6 heteroatoms. The molecule has 0 spiro atoms. The van der Waals surface area contributed by atoms with Crippen LogP contribution in [0.1, 0.15) is 26.7 Å². The summed E-state index contributed by atoms with van der Waals surface area (Å²) in [6, 6.07) is -0.123. The molecule has 15 heavy (non-hydrogen) atoms. The van der Waals surface area contributed by atoms with E-state index in [0.717, 1.165) is 12.8 Å². The molecule has 0 saturated carbocycles. The summed E-state index contributed by atoms with van der Waals surface area (Å²) in [5, 5.41) is 0. The first-order valence-corrected chi connectivity index (χ1v) is 6.88. The van der Waals surface area contributed by atoms with E-state index in [9.17, 15) is 8.42 Å². The molecule has 0 amide bonds. The zero-order chi connectivity index (χ0) is 11.5. The highest BCUT2D eigenvalue weighted by Gasteiger charge is 2.25. The Hall–Kier alpha value is -0.170. The SMILES string of the molecule is CC(C)C(N)CNS(=O)(=O)N1CCCC1. The summed E-state index contributed by atoms with van der Waals surface area (Å²) in [5.74, 6) is 0.284. The molecule has 90 valence electrons. The number of nitrogens with zero attached hydrogens (tertiary/aromatic N) is 1. The lowest BCUT2D eigenvalue weighted by molar-refractivity contribution is 0.443. The number of hydrogen-bond donors (Lipinski definition) is 2. The van der Waals surface area contributed by atoms with Gasteiger partial charge in [-0.15, -0.1) is 0 Å². The Morgan fingerprint density at radius 3 is 2.33 bits per heavy atom. The Morgan fingerprint density at radius 2 is 1.87 bits per heavy atom. The molecular weight excluding hydrogens is 214 g/mol. The zero-order valence-electron chi connectivity index (χ0n) is 9.44. The summed E-state index contributed by atoms with van der Waals surface area (Å²) in [7, 11) is -3.29. The topological polar surface area (TPSA) is 75.4 Å². The van der Waals surface area contributed by atoms with Gasteiger partial charge in [-0.2, -0.15) is 12.7 Å². The summed E-state index contributed by atoms with van der Waals surface area (Å²) >= 11 is 0. The maximum Gasteiger partial charge on any atom is 0.279 e. The third kappa shape index (κ3) is 3.71. The highest BCUT2D eigenvalue weighted by Crippen LogP contribution is 2.11. The van der Waals surface area contributed by atoms with Gasteiger partial charge in [0.05, 0.1) is 0 Å². The highest BCUT2D eigenvalue weighted by molar-refractivity contribution is 7.87. The van der Waals surface area contributed by atoms with Gasteiger partial charge in [0, 0.05) is 25.7 Å². The van der Waals surface area contributed by atoms with E-state index in [1.165, 1.54) is 4.31 Å². The van der Waals surface area contributed by atoms with E-state index in [1.807, 2.05) is 13.8 Å². The van der Waals surface area contributed by atoms with Crippen molar-refractivity contribution in [3.05, 3.63) is 0 Å². The lowest BCUT2D eigenvalue weighted by Gasteiger charge is -2.20. The summed E-state index contributed by atoms with van der Waals surface area (Å²) in [4.78, 5) is 0. The van der Waals surface area contributed by atoms with E-state index in [0.29, 0.717) is 19.6 Å². The summed E-state index contributed by atoms with van der Waals surface area (Å²) < 4.78 is 27.5. The molecule has 0 bridgehead atoms. The van der Waals surface area contributed by atoms with Crippen LogP contribution in [-0.4, -0.2) is 38.4 Å². The van der Waals surface area contributed by atoms with E-state index < -0.39 is 10.2 Å². The molecule has 1 saturated heterocycles. The van der Waals surface area contributed by atoms with Crippen LogP contribution in [0.25, 0.3) is 0 Å². The van der Waals surface area contributed by atoms with Gasteiger partial charge in [-0.3, -0.25) is 0 Å². The quantitative estimate of drug-likeness (QED) is 0.698. The van der Waals surface area contributed by atoms with E-state index in [4.69, 9.17) is 5.73 Å². The molecule has 0 aromatic heterocycles. The van der Waals surface area contributed by atoms with Crippen molar-refractivity contribution in [3.8, 4) is 0 Å².